The molecular weight excluding hydrogens is 268 g/mol. The zero-order valence-corrected chi connectivity index (χ0v) is 11.3. The first-order chi connectivity index (χ1) is 9.88. The van der Waals surface area contributed by atoms with E-state index in [4.69, 9.17) is 5.26 Å². The Morgan fingerprint density at radius 2 is 1.55 bits per heavy atom. The van der Waals surface area contributed by atoms with Crippen LogP contribution in [0.15, 0.2) is 65.7 Å². The third kappa shape index (κ3) is 2.42. The maximum atomic E-state index is 8.91. The van der Waals surface area contributed by atoms with Gasteiger partial charge in [0.2, 0.25) is 0 Å². The highest BCUT2D eigenvalue weighted by Crippen LogP contribution is 2.28. The molecule has 5 heteroatoms. The van der Waals surface area contributed by atoms with E-state index in [0.29, 0.717) is 5.03 Å². The van der Waals surface area contributed by atoms with E-state index >= 15 is 0 Å². The zero-order valence-electron chi connectivity index (χ0n) is 10.5. The van der Waals surface area contributed by atoms with E-state index in [-0.39, 0.29) is 0 Å². The van der Waals surface area contributed by atoms with Crippen molar-refractivity contribution < 1.29 is 0 Å². The topological polar surface area (TPSA) is 54.5 Å². The Hall–Kier alpha value is -2.58. The fourth-order valence-electron chi connectivity index (χ4n) is 1.86. The van der Waals surface area contributed by atoms with Crippen molar-refractivity contribution in [3.05, 3.63) is 60.7 Å². The van der Waals surface area contributed by atoms with Crippen LogP contribution < -0.4 is 0 Å². The van der Waals surface area contributed by atoms with E-state index in [0.717, 1.165) is 28.7 Å². The molecule has 1 aromatic heterocycles. The zero-order chi connectivity index (χ0) is 13.8. The summed E-state index contributed by atoms with van der Waals surface area (Å²) in [4.78, 5) is 1.56. The summed E-state index contributed by atoms with van der Waals surface area (Å²) in [6.45, 7) is 0. The van der Waals surface area contributed by atoms with Crippen LogP contribution in [-0.4, -0.2) is 15.0 Å². The molecule has 3 aromatic rings. The highest BCUT2D eigenvalue weighted by Gasteiger charge is 2.14. The Bertz CT molecular complexity index is 745. The van der Waals surface area contributed by atoms with Gasteiger partial charge in [-0.3, -0.25) is 0 Å². The van der Waals surface area contributed by atoms with Crippen LogP contribution in [0.4, 0.5) is 0 Å². The summed E-state index contributed by atoms with van der Waals surface area (Å²) in [6.07, 6.45) is 0. The van der Waals surface area contributed by atoms with E-state index in [1.54, 1.807) is 4.80 Å². The van der Waals surface area contributed by atoms with Crippen LogP contribution in [0.2, 0.25) is 0 Å². The smallest absolute Gasteiger partial charge is 0.161 e. The van der Waals surface area contributed by atoms with Gasteiger partial charge in [-0.25, -0.2) is 0 Å². The SMILES string of the molecule is N#CSc1nn(-c2ccccc2)nc1-c1ccccc1. The van der Waals surface area contributed by atoms with Gasteiger partial charge >= 0.3 is 0 Å². The molecule has 0 aliphatic rings. The predicted octanol–water partition coefficient (Wildman–Crippen LogP) is 3.51. The largest absolute Gasteiger partial charge is 0.185 e. The molecule has 0 atom stereocenters. The van der Waals surface area contributed by atoms with Crippen LogP contribution in [0.25, 0.3) is 16.9 Å². The summed E-state index contributed by atoms with van der Waals surface area (Å²) in [5.41, 5.74) is 2.54. The summed E-state index contributed by atoms with van der Waals surface area (Å²) < 4.78 is 0. The van der Waals surface area contributed by atoms with E-state index < -0.39 is 0 Å². The number of nitriles is 1. The monoisotopic (exact) mass is 278 g/mol. The Kier molecular flexibility index (Phi) is 3.48. The molecule has 0 spiro atoms. The Morgan fingerprint density at radius 1 is 0.900 bits per heavy atom. The van der Waals surface area contributed by atoms with Crippen molar-refractivity contribution in [3.63, 3.8) is 0 Å². The fraction of sp³-hybridized carbons (Fsp3) is 0. The molecule has 0 bridgehead atoms. The highest BCUT2D eigenvalue weighted by molar-refractivity contribution is 8.03. The number of nitrogens with zero attached hydrogens (tertiary/aromatic N) is 4. The third-order valence-corrected chi connectivity index (χ3v) is 3.32. The van der Waals surface area contributed by atoms with Crippen molar-refractivity contribution >= 4 is 11.8 Å². The Labute approximate surface area is 120 Å². The second-order valence-electron chi connectivity index (χ2n) is 4.04. The van der Waals surface area contributed by atoms with Crippen molar-refractivity contribution in [1.82, 2.24) is 15.0 Å². The molecule has 3 rings (SSSR count). The summed E-state index contributed by atoms with van der Waals surface area (Å²) in [7, 11) is 0. The molecule has 0 N–H and O–H groups in total. The molecule has 2 aromatic carbocycles. The average Bonchev–Trinajstić information content (AvgIpc) is 2.94. The third-order valence-electron chi connectivity index (χ3n) is 2.76. The van der Waals surface area contributed by atoms with Gasteiger partial charge in [0, 0.05) is 17.3 Å². The second kappa shape index (κ2) is 5.59. The van der Waals surface area contributed by atoms with E-state index in [9.17, 15) is 0 Å². The first-order valence-corrected chi connectivity index (χ1v) is 6.84. The van der Waals surface area contributed by atoms with Gasteiger partial charge in [-0.1, -0.05) is 48.5 Å². The number of benzene rings is 2. The molecule has 0 radical (unpaired) electrons. The molecule has 4 nitrogen and oxygen atoms in total. The normalized spacial score (nSPS) is 10.2. The molecule has 0 unspecified atom stereocenters. The standard InChI is InChI=1S/C15H10N4S/c16-11-20-15-14(12-7-3-1-4-8-12)17-19(18-15)13-9-5-2-6-10-13/h1-10H. The lowest BCUT2D eigenvalue weighted by atomic mass is 10.2. The average molecular weight is 278 g/mol. The number of hydrogen-bond acceptors (Lipinski definition) is 4. The van der Waals surface area contributed by atoms with Crippen LogP contribution in [0, 0.1) is 10.7 Å². The lowest BCUT2D eigenvalue weighted by molar-refractivity contribution is 0.736. The minimum Gasteiger partial charge on any atom is -0.185 e. The number of aromatic nitrogens is 3. The van der Waals surface area contributed by atoms with Gasteiger partial charge in [-0.05, 0) is 12.1 Å². The van der Waals surface area contributed by atoms with Gasteiger partial charge in [0.05, 0.1) is 5.69 Å². The molecule has 20 heavy (non-hydrogen) atoms. The molecule has 0 saturated carbocycles. The van der Waals surface area contributed by atoms with Crippen LogP contribution in [0.1, 0.15) is 0 Å². The summed E-state index contributed by atoms with van der Waals surface area (Å²) in [6, 6.07) is 19.4. The molecule has 96 valence electrons. The van der Waals surface area contributed by atoms with E-state index in [1.165, 1.54) is 0 Å². The summed E-state index contributed by atoms with van der Waals surface area (Å²) >= 11 is 1.02. The minimum absolute atomic E-state index is 0.613. The van der Waals surface area contributed by atoms with Crippen LogP contribution in [-0.2, 0) is 0 Å². The Morgan fingerprint density at radius 3 is 2.20 bits per heavy atom. The number of thioether (sulfide) groups is 1. The second-order valence-corrected chi connectivity index (χ2v) is 4.81. The molecule has 0 fully saturated rings. The van der Waals surface area contributed by atoms with Crippen LogP contribution in [0.5, 0.6) is 0 Å². The lowest BCUT2D eigenvalue weighted by Crippen LogP contribution is -1.98. The number of thiocyanates is 1. The van der Waals surface area contributed by atoms with Gasteiger partial charge in [0.25, 0.3) is 0 Å². The van der Waals surface area contributed by atoms with Gasteiger partial charge in [-0.2, -0.15) is 5.26 Å². The molecule has 0 aliphatic heterocycles. The van der Waals surface area contributed by atoms with Crippen molar-refractivity contribution in [3.8, 4) is 22.3 Å². The van der Waals surface area contributed by atoms with Gasteiger partial charge in [-0.15, -0.1) is 15.0 Å². The molecule has 0 saturated heterocycles. The first kappa shape index (κ1) is 12.5. The molecular formula is C15H10N4S. The lowest BCUT2D eigenvalue weighted by Gasteiger charge is -1.97. The van der Waals surface area contributed by atoms with Crippen molar-refractivity contribution in [1.29, 1.82) is 5.26 Å². The first-order valence-electron chi connectivity index (χ1n) is 6.02. The molecule has 0 aliphatic carbocycles. The predicted molar refractivity (Wildman–Crippen MR) is 78.3 cm³/mol. The van der Waals surface area contributed by atoms with E-state index in [1.807, 2.05) is 60.7 Å². The maximum Gasteiger partial charge on any atom is 0.161 e. The molecule has 1 heterocycles. The number of hydrogen-bond donors (Lipinski definition) is 0. The quantitative estimate of drug-likeness (QED) is 0.543. The van der Waals surface area contributed by atoms with E-state index in [2.05, 4.69) is 15.6 Å². The minimum atomic E-state index is 0.613. The van der Waals surface area contributed by atoms with Crippen molar-refractivity contribution in [2.45, 2.75) is 5.03 Å². The Balaban J connectivity index is 2.11. The van der Waals surface area contributed by atoms with Crippen molar-refractivity contribution in [2.75, 3.05) is 0 Å². The maximum absolute atomic E-state index is 8.91. The van der Waals surface area contributed by atoms with Gasteiger partial charge < -0.3 is 0 Å². The summed E-state index contributed by atoms with van der Waals surface area (Å²) in [5, 5.41) is 20.5. The van der Waals surface area contributed by atoms with Crippen LogP contribution >= 0.6 is 11.8 Å². The number of para-hydroxylation sites is 1. The molecule has 0 amide bonds. The van der Waals surface area contributed by atoms with Crippen LogP contribution in [0.3, 0.4) is 0 Å². The van der Waals surface area contributed by atoms with Crippen molar-refractivity contribution in [2.24, 2.45) is 0 Å². The fourth-order valence-corrected chi connectivity index (χ4v) is 2.32. The highest BCUT2D eigenvalue weighted by atomic mass is 32.2. The number of rotatable bonds is 3. The van der Waals surface area contributed by atoms with Gasteiger partial charge in [0.15, 0.2) is 5.03 Å². The van der Waals surface area contributed by atoms with Gasteiger partial charge in [0.1, 0.15) is 11.1 Å². The summed E-state index contributed by atoms with van der Waals surface area (Å²) in [5.74, 6) is 0.